The molecule has 1 aromatic carbocycles. The number of aldehydes is 1. The maximum absolute atomic E-state index is 11.2. The normalized spacial score (nSPS) is 14.6. The Hall–Kier alpha value is -1.15. The van der Waals surface area contributed by atoms with Gasteiger partial charge in [-0.1, -0.05) is 50.1 Å². The summed E-state index contributed by atoms with van der Waals surface area (Å²) in [5, 5.41) is 0. The summed E-state index contributed by atoms with van der Waals surface area (Å²) in [7, 11) is 2.02. The van der Waals surface area contributed by atoms with Gasteiger partial charge < -0.3 is 4.79 Å². The van der Waals surface area contributed by atoms with Crippen molar-refractivity contribution < 1.29 is 4.79 Å². The number of carbonyl (C=O) groups excluding carboxylic acids is 1. The van der Waals surface area contributed by atoms with Gasteiger partial charge in [0.15, 0.2) is 0 Å². The van der Waals surface area contributed by atoms with E-state index in [-0.39, 0.29) is 6.04 Å². The van der Waals surface area contributed by atoms with Gasteiger partial charge in [0.25, 0.3) is 0 Å². The Balaban J connectivity index is 2.70. The second kappa shape index (κ2) is 6.55. The van der Waals surface area contributed by atoms with E-state index >= 15 is 0 Å². The van der Waals surface area contributed by atoms with Gasteiger partial charge in [0, 0.05) is 6.54 Å². The Labute approximate surface area is 105 Å². The SMILES string of the molecule is CCC(C)C(C=O)N(C)Cc1cccc(C)c1. The highest BCUT2D eigenvalue weighted by molar-refractivity contribution is 5.58. The minimum absolute atomic E-state index is 0.0144. The summed E-state index contributed by atoms with van der Waals surface area (Å²) in [6, 6.07) is 8.46. The van der Waals surface area contributed by atoms with Gasteiger partial charge in [-0.05, 0) is 25.5 Å². The molecule has 0 heterocycles. The molecule has 17 heavy (non-hydrogen) atoms. The van der Waals surface area contributed by atoms with E-state index in [0.717, 1.165) is 19.3 Å². The topological polar surface area (TPSA) is 20.3 Å². The molecular weight excluding hydrogens is 210 g/mol. The number of hydrogen-bond donors (Lipinski definition) is 0. The Morgan fingerprint density at radius 2 is 2.12 bits per heavy atom. The summed E-state index contributed by atoms with van der Waals surface area (Å²) in [4.78, 5) is 13.3. The average Bonchev–Trinajstić information content (AvgIpc) is 2.29. The lowest BCUT2D eigenvalue weighted by Crippen LogP contribution is -2.37. The van der Waals surface area contributed by atoms with E-state index in [9.17, 15) is 4.79 Å². The molecule has 0 bridgehead atoms. The van der Waals surface area contributed by atoms with Gasteiger partial charge in [0.2, 0.25) is 0 Å². The van der Waals surface area contributed by atoms with Crippen molar-refractivity contribution in [3.05, 3.63) is 35.4 Å². The van der Waals surface area contributed by atoms with Crippen LogP contribution in [0.3, 0.4) is 0 Å². The predicted octanol–water partition coefficient (Wildman–Crippen LogP) is 3.04. The van der Waals surface area contributed by atoms with Crippen molar-refractivity contribution in [2.45, 2.75) is 39.8 Å². The van der Waals surface area contributed by atoms with E-state index in [1.54, 1.807) is 0 Å². The Kier molecular flexibility index (Phi) is 5.36. The van der Waals surface area contributed by atoms with E-state index in [1.807, 2.05) is 7.05 Å². The van der Waals surface area contributed by atoms with Crippen molar-refractivity contribution in [1.29, 1.82) is 0 Å². The minimum Gasteiger partial charge on any atom is -0.302 e. The first-order valence-electron chi connectivity index (χ1n) is 6.29. The molecule has 0 spiro atoms. The quantitative estimate of drug-likeness (QED) is 0.704. The van der Waals surface area contributed by atoms with E-state index < -0.39 is 0 Å². The lowest BCUT2D eigenvalue weighted by molar-refractivity contribution is -0.113. The van der Waals surface area contributed by atoms with Crippen LogP contribution in [0.2, 0.25) is 0 Å². The summed E-state index contributed by atoms with van der Waals surface area (Å²) in [5.74, 6) is 0.405. The summed E-state index contributed by atoms with van der Waals surface area (Å²) < 4.78 is 0. The molecule has 1 aromatic rings. The van der Waals surface area contributed by atoms with Gasteiger partial charge in [0.05, 0.1) is 6.04 Å². The zero-order valence-corrected chi connectivity index (χ0v) is 11.3. The fourth-order valence-electron chi connectivity index (χ4n) is 2.12. The van der Waals surface area contributed by atoms with Crippen molar-refractivity contribution in [2.24, 2.45) is 5.92 Å². The number of aryl methyl sites for hydroxylation is 1. The van der Waals surface area contributed by atoms with Crippen molar-refractivity contribution in [1.82, 2.24) is 4.90 Å². The summed E-state index contributed by atoms with van der Waals surface area (Å²) in [5.41, 5.74) is 2.53. The highest BCUT2D eigenvalue weighted by atomic mass is 16.1. The van der Waals surface area contributed by atoms with E-state index in [1.165, 1.54) is 11.1 Å². The first-order chi connectivity index (χ1) is 8.08. The van der Waals surface area contributed by atoms with Crippen LogP contribution >= 0.6 is 0 Å². The van der Waals surface area contributed by atoms with Crippen molar-refractivity contribution >= 4 is 6.29 Å². The van der Waals surface area contributed by atoms with Crippen LogP contribution < -0.4 is 0 Å². The lowest BCUT2D eigenvalue weighted by Gasteiger charge is -2.28. The van der Waals surface area contributed by atoms with Crippen LogP contribution in [-0.2, 0) is 11.3 Å². The molecule has 0 aliphatic carbocycles. The highest BCUT2D eigenvalue weighted by Crippen LogP contribution is 2.15. The fourth-order valence-corrected chi connectivity index (χ4v) is 2.12. The monoisotopic (exact) mass is 233 g/mol. The Bertz CT molecular complexity index is 362. The van der Waals surface area contributed by atoms with E-state index in [0.29, 0.717) is 5.92 Å². The summed E-state index contributed by atoms with van der Waals surface area (Å²) in [6.45, 7) is 7.18. The van der Waals surface area contributed by atoms with Crippen molar-refractivity contribution in [2.75, 3.05) is 7.05 Å². The second-order valence-electron chi connectivity index (χ2n) is 4.92. The van der Waals surface area contributed by atoms with E-state index in [2.05, 4.69) is 49.9 Å². The zero-order chi connectivity index (χ0) is 12.8. The van der Waals surface area contributed by atoms with Crippen LogP contribution in [0.5, 0.6) is 0 Å². The predicted molar refractivity (Wildman–Crippen MR) is 72.0 cm³/mol. The molecule has 0 fully saturated rings. The Morgan fingerprint density at radius 3 is 2.65 bits per heavy atom. The summed E-state index contributed by atoms with van der Waals surface area (Å²) in [6.07, 6.45) is 2.10. The third-order valence-electron chi connectivity index (χ3n) is 3.39. The second-order valence-corrected chi connectivity index (χ2v) is 4.92. The molecule has 94 valence electrons. The van der Waals surface area contributed by atoms with Crippen LogP contribution in [0, 0.1) is 12.8 Å². The maximum atomic E-state index is 11.2. The van der Waals surface area contributed by atoms with Crippen molar-refractivity contribution in [3.63, 3.8) is 0 Å². The molecule has 0 N–H and O–H groups in total. The number of carbonyl (C=O) groups is 1. The number of hydrogen-bond acceptors (Lipinski definition) is 2. The molecule has 0 radical (unpaired) electrons. The van der Waals surface area contributed by atoms with Crippen LogP contribution in [0.4, 0.5) is 0 Å². The molecule has 0 amide bonds. The van der Waals surface area contributed by atoms with E-state index in [4.69, 9.17) is 0 Å². The maximum Gasteiger partial charge on any atom is 0.137 e. The summed E-state index contributed by atoms with van der Waals surface area (Å²) >= 11 is 0. The number of rotatable bonds is 6. The molecule has 0 aliphatic heterocycles. The molecule has 2 nitrogen and oxygen atoms in total. The molecule has 2 atom stereocenters. The minimum atomic E-state index is 0.0144. The molecule has 0 aliphatic rings. The smallest absolute Gasteiger partial charge is 0.137 e. The molecule has 2 heteroatoms. The molecule has 0 saturated carbocycles. The number of likely N-dealkylation sites (N-methyl/N-ethyl adjacent to an activating group) is 1. The largest absolute Gasteiger partial charge is 0.302 e. The molecule has 0 saturated heterocycles. The van der Waals surface area contributed by atoms with Crippen LogP contribution in [-0.4, -0.2) is 24.3 Å². The molecule has 0 aromatic heterocycles. The van der Waals surface area contributed by atoms with Crippen LogP contribution in [0.25, 0.3) is 0 Å². The molecule has 2 unspecified atom stereocenters. The standard InChI is InChI=1S/C15H23NO/c1-5-13(3)15(11-17)16(4)10-14-8-6-7-12(2)9-14/h6-9,11,13,15H,5,10H2,1-4H3. The lowest BCUT2D eigenvalue weighted by atomic mass is 9.98. The first kappa shape index (κ1) is 13.9. The van der Waals surface area contributed by atoms with Gasteiger partial charge in [-0.2, -0.15) is 0 Å². The first-order valence-corrected chi connectivity index (χ1v) is 6.29. The number of benzene rings is 1. The van der Waals surface area contributed by atoms with Gasteiger partial charge in [-0.3, -0.25) is 4.90 Å². The van der Waals surface area contributed by atoms with Crippen LogP contribution in [0.15, 0.2) is 24.3 Å². The Morgan fingerprint density at radius 1 is 1.41 bits per heavy atom. The third-order valence-corrected chi connectivity index (χ3v) is 3.39. The average molecular weight is 233 g/mol. The van der Waals surface area contributed by atoms with Gasteiger partial charge in [-0.15, -0.1) is 0 Å². The highest BCUT2D eigenvalue weighted by Gasteiger charge is 2.19. The molecule has 1 rings (SSSR count). The van der Waals surface area contributed by atoms with Crippen molar-refractivity contribution in [3.8, 4) is 0 Å². The van der Waals surface area contributed by atoms with Gasteiger partial charge >= 0.3 is 0 Å². The zero-order valence-electron chi connectivity index (χ0n) is 11.3. The molecular formula is C15H23NO. The number of nitrogens with zero attached hydrogens (tertiary/aromatic N) is 1. The third kappa shape index (κ3) is 3.97. The fraction of sp³-hybridized carbons (Fsp3) is 0.533. The van der Waals surface area contributed by atoms with Gasteiger partial charge in [-0.25, -0.2) is 0 Å². The van der Waals surface area contributed by atoms with Crippen LogP contribution in [0.1, 0.15) is 31.4 Å². The van der Waals surface area contributed by atoms with Gasteiger partial charge in [0.1, 0.15) is 6.29 Å².